The monoisotopic (exact) mass is 203 g/mol. The molecule has 0 bridgehead atoms. The molecule has 0 aromatic carbocycles. The number of hydrogen-bond acceptors (Lipinski definition) is 2. The second-order valence-corrected chi connectivity index (χ2v) is 2.80. The fourth-order valence-electron chi connectivity index (χ4n) is 0.689. The average Bonchev–Trinajstić information content (AvgIpc) is 2.03. The van der Waals surface area contributed by atoms with Gasteiger partial charge >= 0.3 is 0 Å². The van der Waals surface area contributed by atoms with Crippen molar-refractivity contribution in [3.63, 3.8) is 0 Å². The summed E-state index contributed by atoms with van der Waals surface area (Å²) in [5.41, 5.74) is 0.780. The predicted octanol–water partition coefficient (Wildman–Crippen LogP) is 3.01. The molecule has 0 radical (unpaired) electrons. The highest BCUT2D eigenvalue weighted by Crippen LogP contribution is 2.17. The summed E-state index contributed by atoms with van der Waals surface area (Å²) in [6.07, 6.45) is 3.24. The highest BCUT2D eigenvalue weighted by Gasteiger charge is 1.97. The van der Waals surface area contributed by atoms with Gasteiger partial charge in [0.1, 0.15) is 10.3 Å². The van der Waals surface area contributed by atoms with Gasteiger partial charge in [-0.1, -0.05) is 23.2 Å². The molecule has 0 spiro atoms. The number of nitrogens with zero attached hydrogens (tertiary/aromatic N) is 1. The Morgan fingerprint density at radius 3 is 2.75 bits per heavy atom. The quantitative estimate of drug-likeness (QED) is 0.545. The molecule has 0 aliphatic carbocycles. The topological polar surface area (TPSA) is 22.1 Å². The summed E-state index contributed by atoms with van der Waals surface area (Å²) in [5, 5.41) is 0.755. The van der Waals surface area contributed by atoms with Crippen LogP contribution in [-0.4, -0.2) is 12.1 Å². The minimum absolute atomic E-state index is 0.371. The summed E-state index contributed by atoms with van der Waals surface area (Å²) in [6.45, 7) is 0. The van der Waals surface area contributed by atoms with Crippen LogP contribution in [0.2, 0.25) is 10.3 Å². The Morgan fingerprint density at radius 2 is 2.17 bits per heavy atom. The van der Waals surface area contributed by atoms with Crippen LogP contribution in [0.15, 0.2) is 18.4 Å². The van der Waals surface area contributed by atoms with E-state index in [9.17, 15) is 0 Å². The molecule has 1 rings (SSSR count). The Bertz CT molecular complexity index is 299. The van der Waals surface area contributed by atoms with Crippen molar-refractivity contribution in [2.75, 3.05) is 7.11 Å². The van der Waals surface area contributed by atoms with Crippen LogP contribution < -0.4 is 0 Å². The molecule has 0 saturated heterocycles. The van der Waals surface area contributed by atoms with Crippen LogP contribution in [0.3, 0.4) is 0 Å². The lowest BCUT2D eigenvalue weighted by Gasteiger charge is -1.96. The lowest BCUT2D eigenvalue weighted by Crippen LogP contribution is -1.81. The maximum Gasteiger partial charge on any atom is 0.138 e. The second-order valence-electron chi connectivity index (χ2n) is 2.05. The van der Waals surface area contributed by atoms with Crippen LogP contribution in [0.5, 0.6) is 0 Å². The highest BCUT2D eigenvalue weighted by molar-refractivity contribution is 6.33. The summed E-state index contributed by atoms with van der Waals surface area (Å²) < 4.78 is 4.73. The zero-order valence-corrected chi connectivity index (χ0v) is 7.93. The van der Waals surface area contributed by atoms with E-state index in [1.165, 1.54) is 6.26 Å². The molecule has 0 amide bonds. The van der Waals surface area contributed by atoms with Gasteiger partial charge in [-0.2, -0.15) is 0 Å². The molecular weight excluding hydrogens is 197 g/mol. The maximum absolute atomic E-state index is 5.76. The SMILES string of the molecule is COC=Cc1ccc(Cl)nc1Cl. The maximum atomic E-state index is 5.76. The van der Waals surface area contributed by atoms with Gasteiger partial charge in [0.2, 0.25) is 0 Å². The predicted molar refractivity (Wildman–Crippen MR) is 50.3 cm³/mol. The van der Waals surface area contributed by atoms with Gasteiger partial charge in [-0.25, -0.2) is 4.98 Å². The van der Waals surface area contributed by atoms with Crippen LogP contribution >= 0.6 is 23.2 Å². The van der Waals surface area contributed by atoms with Gasteiger partial charge in [-0.05, 0) is 18.2 Å². The summed E-state index contributed by atoms with van der Waals surface area (Å²) in [5.74, 6) is 0. The van der Waals surface area contributed by atoms with Gasteiger partial charge in [0.15, 0.2) is 0 Å². The average molecular weight is 204 g/mol. The first-order valence-electron chi connectivity index (χ1n) is 3.25. The molecule has 0 atom stereocenters. The van der Waals surface area contributed by atoms with Crippen LogP contribution in [0, 0.1) is 0 Å². The minimum atomic E-state index is 0.371. The van der Waals surface area contributed by atoms with Gasteiger partial charge < -0.3 is 4.74 Å². The molecule has 1 aromatic rings. The number of aromatic nitrogens is 1. The molecule has 0 aliphatic rings. The molecule has 1 aromatic heterocycles. The van der Waals surface area contributed by atoms with Crippen molar-refractivity contribution in [2.45, 2.75) is 0 Å². The number of rotatable bonds is 2. The molecule has 0 N–H and O–H groups in total. The lowest BCUT2D eigenvalue weighted by molar-refractivity contribution is 0.341. The number of halogens is 2. The molecule has 12 heavy (non-hydrogen) atoms. The second kappa shape index (κ2) is 4.33. The standard InChI is InChI=1S/C8H7Cl2NO/c1-12-5-4-6-2-3-7(9)11-8(6)10/h2-5H,1H3. The zero-order chi connectivity index (χ0) is 8.97. The van der Waals surface area contributed by atoms with Crippen molar-refractivity contribution >= 4 is 29.3 Å². The molecular formula is C8H7Cl2NO. The van der Waals surface area contributed by atoms with E-state index in [1.54, 1.807) is 25.3 Å². The van der Waals surface area contributed by atoms with Crippen molar-refractivity contribution in [3.05, 3.63) is 34.3 Å². The molecule has 64 valence electrons. The van der Waals surface area contributed by atoms with E-state index in [1.807, 2.05) is 0 Å². The van der Waals surface area contributed by atoms with Crippen molar-refractivity contribution in [1.29, 1.82) is 0 Å². The van der Waals surface area contributed by atoms with E-state index >= 15 is 0 Å². The summed E-state index contributed by atoms with van der Waals surface area (Å²) in [6, 6.07) is 3.44. The van der Waals surface area contributed by atoms with Gasteiger partial charge in [0, 0.05) is 5.56 Å². The molecule has 4 heteroatoms. The number of pyridine rings is 1. The smallest absolute Gasteiger partial charge is 0.138 e. The molecule has 1 heterocycles. The number of methoxy groups -OCH3 is 1. The molecule has 0 saturated carbocycles. The van der Waals surface area contributed by atoms with E-state index in [-0.39, 0.29) is 0 Å². The fourth-order valence-corrected chi connectivity index (χ4v) is 1.10. The van der Waals surface area contributed by atoms with E-state index < -0.39 is 0 Å². The van der Waals surface area contributed by atoms with Crippen LogP contribution in [0.1, 0.15) is 5.56 Å². The Hall–Kier alpha value is -0.730. The lowest BCUT2D eigenvalue weighted by atomic mass is 10.3. The van der Waals surface area contributed by atoms with E-state index in [2.05, 4.69) is 4.98 Å². The van der Waals surface area contributed by atoms with E-state index in [4.69, 9.17) is 27.9 Å². The van der Waals surface area contributed by atoms with Crippen molar-refractivity contribution < 1.29 is 4.74 Å². The summed E-state index contributed by atoms with van der Waals surface area (Å²) >= 11 is 11.4. The minimum Gasteiger partial charge on any atom is -0.504 e. The van der Waals surface area contributed by atoms with E-state index in [0.717, 1.165) is 5.56 Å². The first-order chi connectivity index (χ1) is 5.74. The Morgan fingerprint density at radius 1 is 1.42 bits per heavy atom. The zero-order valence-electron chi connectivity index (χ0n) is 6.42. The van der Waals surface area contributed by atoms with Crippen molar-refractivity contribution in [3.8, 4) is 0 Å². The normalized spacial score (nSPS) is 10.6. The first-order valence-corrected chi connectivity index (χ1v) is 4.01. The fraction of sp³-hybridized carbons (Fsp3) is 0.125. The van der Waals surface area contributed by atoms with Crippen molar-refractivity contribution in [2.24, 2.45) is 0 Å². The Labute approximate surface area is 80.8 Å². The number of hydrogen-bond donors (Lipinski definition) is 0. The Balaban J connectivity index is 2.94. The summed E-state index contributed by atoms with van der Waals surface area (Å²) in [4.78, 5) is 3.85. The Kier molecular flexibility index (Phi) is 3.38. The molecule has 2 nitrogen and oxygen atoms in total. The number of ether oxygens (including phenoxy) is 1. The van der Waals surface area contributed by atoms with E-state index in [0.29, 0.717) is 10.3 Å². The molecule has 0 unspecified atom stereocenters. The van der Waals surface area contributed by atoms with Crippen LogP contribution in [0.25, 0.3) is 6.08 Å². The van der Waals surface area contributed by atoms with Crippen molar-refractivity contribution in [1.82, 2.24) is 4.98 Å². The molecule has 0 aliphatic heterocycles. The van der Waals surface area contributed by atoms with Gasteiger partial charge in [-0.3, -0.25) is 0 Å². The third-order valence-electron chi connectivity index (χ3n) is 1.23. The molecule has 0 fully saturated rings. The highest BCUT2D eigenvalue weighted by atomic mass is 35.5. The third kappa shape index (κ3) is 2.40. The van der Waals surface area contributed by atoms with Gasteiger partial charge in [0.05, 0.1) is 13.4 Å². The van der Waals surface area contributed by atoms with Gasteiger partial charge in [-0.15, -0.1) is 0 Å². The first kappa shape index (κ1) is 9.36. The van der Waals surface area contributed by atoms with Gasteiger partial charge in [0.25, 0.3) is 0 Å². The third-order valence-corrected chi connectivity index (χ3v) is 1.74. The largest absolute Gasteiger partial charge is 0.504 e. The van der Waals surface area contributed by atoms with Crippen LogP contribution in [0.4, 0.5) is 0 Å². The summed E-state index contributed by atoms with van der Waals surface area (Å²) in [7, 11) is 1.56. The van der Waals surface area contributed by atoms with Crippen LogP contribution in [-0.2, 0) is 4.74 Å².